The average molecular weight is 513 g/mol. The summed E-state index contributed by atoms with van der Waals surface area (Å²) in [5.74, 6) is -1.58. The molecule has 0 bridgehead atoms. The third-order valence-corrected chi connectivity index (χ3v) is 6.96. The summed E-state index contributed by atoms with van der Waals surface area (Å²) in [5, 5.41) is 7.12. The molecule has 198 valence electrons. The number of likely N-dealkylation sites (tertiary alicyclic amines) is 1. The Hall–Kier alpha value is -2.73. The summed E-state index contributed by atoms with van der Waals surface area (Å²) < 4.78 is 43.5. The number of anilines is 1. The first kappa shape index (κ1) is 26.3. The van der Waals surface area contributed by atoms with E-state index in [0.29, 0.717) is 19.8 Å². The molecule has 0 saturated carbocycles. The van der Waals surface area contributed by atoms with Crippen molar-refractivity contribution in [2.45, 2.75) is 63.5 Å². The summed E-state index contributed by atoms with van der Waals surface area (Å²) in [4.78, 5) is 35.8. The first-order valence-electron chi connectivity index (χ1n) is 12.1. The summed E-state index contributed by atoms with van der Waals surface area (Å²) >= 11 is 0. The van der Waals surface area contributed by atoms with Gasteiger partial charge >= 0.3 is 12.1 Å². The topological polar surface area (TPSA) is 105 Å². The van der Waals surface area contributed by atoms with Crippen molar-refractivity contribution < 1.29 is 37.3 Å². The molecule has 1 spiro atoms. The first-order valence-corrected chi connectivity index (χ1v) is 12.1. The lowest BCUT2D eigenvalue weighted by Crippen LogP contribution is -2.47. The van der Waals surface area contributed by atoms with Crippen LogP contribution in [0.5, 0.6) is 0 Å². The number of aromatic nitrogens is 2. The second-order valence-electron chi connectivity index (χ2n) is 9.93. The summed E-state index contributed by atoms with van der Waals surface area (Å²) in [6.45, 7) is 8.43. The number of ether oxygens (including phenoxy) is 2. The Morgan fingerprint density at radius 2 is 1.81 bits per heavy atom. The number of carboxylic acids is 1. The normalized spacial score (nSPS) is 28.1. The van der Waals surface area contributed by atoms with E-state index in [1.54, 1.807) is 0 Å². The molecule has 3 unspecified atom stereocenters. The van der Waals surface area contributed by atoms with Crippen LogP contribution >= 0.6 is 0 Å². The van der Waals surface area contributed by atoms with Gasteiger partial charge in [0.1, 0.15) is 0 Å². The number of aliphatic carboxylic acids is 1. The highest BCUT2D eigenvalue weighted by Crippen LogP contribution is 2.40. The zero-order valence-corrected chi connectivity index (χ0v) is 20.3. The van der Waals surface area contributed by atoms with E-state index in [2.05, 4.69) is 35.9 Å². The van der Waals surface area contributed by atoms with Gasteiger partial charge in [-0.05, 0) is 33.1 Å². The van der Waals surface area contributed by atoms with E-state index < -0.39 is 12.1 Å². The molecule has 12 heteroatoms. The van der Waals surface area contributed by atoms with E-state index in [0.717, 1.165) is 56.1 Å². The fraction of sp³-hybridized carbons (Fsp3) is 0.667. The molecular weight excluding hydrogens is 481 g/mol. The second kappa shape index (κ2) is 10.3. The molecular formula is C24H31F3N4O5. The summed E-state index contributed by atoms with van der Waals surface area (Å²) in [6, 6.07) is 0. The van der Waals surface area contributed by atoms with E-state index in [1.807, 2.05) is 11.1 Å². The lowest BCUT2D eigenvalue weighted by Gasteiger charge is -2.38. The number of carbonyl (C=O) groups excluding carboxylic acids is 1. The van der Waals surface area contributed by atoms with Crippen molar-refractivity contribution in [3.05, 3.63) is 29.6 Å². The van der Waals surface area contributed by atoms with Crippen LogP contribution in [0.25, 0.3) is 0 Å². The first-order chi connectivity index (χ1) is 17.0. The Bertz CT molecular complexity index is 1000. The van der Waals surface area contributed by atoms with Crippen LogP contribution in [0, 0.1) is 5.92 Å². The molecule has 1 amide bonds. The minimum atomic E-state index is -5.08. The molecule has 1 aromatic rings. The Labute approximate surface area is 207 Å². The van der Waals surface area contributed by atoms with Crippen LogP contribution in [0.2, 0.25) is 0 Å². The maximum absolute atomic E-state index is 13.0. The van der Waals surface area contributed by atoms with Crippen LogP contribution in [-0.2, 0) is 31.1 Å². The van der Waals surface area contributed by atoms with Crippen molar-refractivity contribution in [2.24, 2.45) is 5.92 Å². The molecule has 4 aliphatic rings. The van der Waals surface area contributed by atoms with Gasteiger partial charge in [-0.1, -0.05) is 12.2 Å². The maximum Gasteiger partial charge on any atom is 0.490 e. The summed E-state index contributed by atoms with van der Waals surface area (Å²) in [7, 11) is 0. The van der Waals surface area contributed by atoms with E-state index in [-0.39, 0.29) is 29.4 Å². The number of fused-ring (bicyclic) bond motifs is 2. The zero-order chi connectivity index (χ0) is 26.1. The SMILES string of the molecule is CC1CN(c2ncc3c(n2)C2(CCN(C(=O)C4CC=CC4)C2)COC3)CC(C)O1.O=C(O)C(F)(F)F. The zero-order valence-electron chi connectivity index (χ0n) is 20.3. The Morgan fingerprint density at radius 3 is 2.42 bits per heavy atom. The fourth-order valence-electron chi connectivity index (χ4n) is 5.33. The van der Waals surface area contributed by atoms with E-state index in [4.69, 9.17) is 24.4 Å². The van der Waals surface area contributed by atoms with E-state index in [9.17, 15) is 18.0 Å². The number of halogens is 3. The fourth-order valence-corrected chi connectivity index (χ4v) is 5.33. The van der Waals surface area contributed by atoms with Crippen LogP contribution in [0.3, 0.4) is 0 Å². The van der Waals surface area contributed by atoms with Gasteiger partial charge in [0.2, 0.25) is 11.9 Å². The molecule has 36 heavy (non-hydrogen) atoms. The van der Waals surface area contributed by atoms with Gasteiger partial charge in [0, 0.05) is 43.9 Å². The Morgan fingerprint density at radius 1 is 1.17 bits per heavy atom. The van der Waals surface area contributed by atoms with Gasteiger partial charge < -0.3 is 24.4 Å². The van der Waals surface area contributed by atoms with Gasteiger partial charge in [-0.2, -0.15) is 13.2 Å². The number of carbonyl (C=O) groups is 2. The minimum Gasteiger partial charge on any atom is -0.475 e. The number of morpholine rings is 1. The number of rotatable bonds is 2. The van der Waals surface area contributed by atoms with Crippen molar-refractivity contribution in [3.8, 4) is 0 Å². The molecule has 1 N–H and O–H groups in total. The van der Waals surface area contributed by atoms with Crippen LogP contribution in [-0.4, -0.2) is 83.0 Å². The predicted octanol–water partition coefficient (Wildman–Crippen LogP) is 2.69. The standard InChI is InChI=1S/C22H30N4O3.C2HF3O2/c1-15-10-26(11-16(2)29-15)21-23-9-18-12-28-14-22(19(18)24-21)7-8-25(13-22)20(27)17-5-3-4-6-17;3-2(4,5)1(6)7/h3-4,9,15-17H,5-8,10-14H2,1-2H3;(H,6,7). The van der Waals surface area contributed by atoms with Crippen LogP contribution in [0.15, 0.2) is 18.3 Å². The quantitative estimate of drug-likeness (QED) is 0.604. The van der Waals surface area contributed by atoms with Crippen LogP contribution in [0.1, 0.15) is 44.4 Å². The van der Waals surface area contributed by atoms with Crippen LogP contribution < -0.4 is 4.90 Å². The van der Waals surface area contributed by atoms with E-state index in [1.165, 1.54) is 0 Å². The number of alkyl halides is 3. The Balaban J connectivity index is 0.000000384. The highest BCUT2D eigenvalue weighted by molar-refractivity contribution is 5.80. The third-order valence-electron chi connectivity index (χ3n) is 6.96. The summed E-state index contributed by atoms with van der Waals surface area (Å²) in [5.41, 5.74) is 1.93. The van der Waals surface area contributed by atoms with Crippen molar-refractivity contribution in [1.29, 1.82) is 0 Å². The minimum absolute atomic E-state index is 0.117. The van der Waals surface area contributed by atoms with Crippen molar-refractivity contribution >= 4 is 17.8 Å². The van der Waals surface area contributed by atoms with Crippen LogP contribution in [0.4, 0.5) is 19.1 Å². The number of nitrogens with zero attached hydrogens (tertiary/aromatic N) is 4. The lowest BCUT2D eigenvalue weighted by molar-refractivity contribution is -0.192. The van der Waals surface area contributed by atoms with Crippen molar-refractivity contribution in [1.82, 2.24) is 14.9 Å². The highest BCUT2D eigenvalue weighted by atomic mass is 19.4. The van der Waals surface area contributed by atoms with E-state index >= 15 is 0 Å². The van der Waals surface area contributed by atoms with Gasteiger partial charge in [0.15, 0.2) is 0 Å². The number of amides is 1. The molecule has 1 aliphatic carbocycles. The van der Waals surface area contributed by atoms with Crippen molar-refractivity contribution in [3.63, 3.8) is 0 Å². The smallest absolute Gasteiger partial charge is 0.475 e. The average Bonchev–Trinajstić information content (AvgIpc) is 3.49. The van der Waals surface area contributed by atoms with Gasteiger partial charge in [-0.15, -0.1) is 0 Å². The number of hydrogen-bond donors (Lipinski definition) is 1. The van der Waals surface area contributed by atoms with Crippen molar-refractivity contribution in [2.75, 3.05) is 37.7 Å². The summed E-state index contributed by atoms with van der Waals surface area (Å²) in [6.07, 6.45) is 4.05. The molecule has 2 saturated heterocycles. The second-order valence-corrected chi connectivity index (χ2v) is 9.93. The highest BCUT2D eigenvalue weighted by Gasteiger charge is 2.47. The molecule has 1 aromatic heterocycles. The van der Waals surface area contributed by atoms with Gasteiger partial charge in [-0.25, -0.2) is 14.8 Å². The molecule has 9 nitrogen and oxygen atoms in total. The molecule has 0 radical (unpaired) electrons. The molecule has 0 aromatic carbocycles. The molecule has 2 fully saturated rings. The molecule has 3 aliphatic heterocycles. The monoisotopic (exact) mass is 512 g/mol. The molecule has 4 heterocycles. The van der Waals surface area contributed by atoms with Gasteiger partial charge in [-0.3, -0.25) is 4.79 Å². The van der Waals surface area contributed by atoms with Gasteiger partial charge in [0.05, 0.1) is 36.5 Å². The number of allylic oxidation sites excluding steroid dienone is 2. The third kappa shape index (κ3) is 5.64. The largest absolute Gasteiger partial charge is 0.490 e. The van der Waals surface area contributed by atoms with Gasteiger partial charge in [0.25, 0.3) is 0 Å². The Kier molecular flexibility index (Phi) is 7.56. The maximum atomic E-state index is 13.0. The predicted molar refractivity (Wildman–Crippen MR) is 122 cm³/mol. The molecule has 3 atom stereocenters. The lowest BCUT2D eigenvalue weighted by atomic mass is 9.80. The number of hydrogen-bond acceptors (Lipinski definition) is 7. The molecule has 5 rings (SSSR count). The number of carboxylic acid groups (broad SMARTS) is 1.